The van der Waals surface area contributed by atoms with Gasteiger partial charge in [0.05, 0.1) is 5.69 Å². The highest BCUT2D eigenvalue weighted by atomic mass is 16.1. The average Bonchev–Trinajstić information content (AvgIpc) is 2.49. The van der Waals surface area contributed by atoms with Crippen molar-refractivity contribution in [1.29, 1.82) is 0 Å². The first kappa shape index (κ1) is 15.9. The maximum atomic E-state index is 11.6. The van der Waals surface area contributed by atoms with Crippen molar-refractivity contribution < 1.29 is 4.79 Å². The monoisotopic (exact) mass is 290 g/mol. The predicted molar refractivity (Wildman–Crippen MR) is 83.7 cm³/mol. The molecule has 0 bridgehead atoms. The van der Waals surface area contributed by atoms with Crippen LogP contribution in [0.3, 0.4) is 0 Å². The highest BCUT2D eigenvalue weighted by Crippen LogP contribution is 2.19. The Kier molecular flexibility index (Phi) is 6.14. The summed E-state index contributed by atoms with van der Waals surface area (Å²) in [4.78, 5) is 18.5. The molecule has 116 valence electrons. The van der Waals surface area contributed by atoms with Crippen LogP contribution in [0.1, 0.15) is 36.9 Å². The quantitative estimate of drug-likeness (QED) is 0.826. The first-order chi connectivity index (χ1) is 10.2. The highest BCUT2D eigenvalue weighted by molar-refractivity contribution is 5.76. The number of rotatable bonds is 6. The summed E-state index contributed by atoms with van der Waals surface area (Å²) in [5, 5.41) is 3.00. The molecule has 2 rings (SSSR count). The Morgan fingerprint density at radius 2 is 2.38 bits per heavy atom. The van der Waals surface area contributed by atoms with Gasteiger partial charge in [-0.25, -0.2) is 0 Å². The summed E-state index contributed by atoms with van der Waals surface area (Å²) in [5.41, 5.74) is 7.77. The molecule has 0 aliphatic carbocycles. The van der Waals surface area contributed by atoms with E-state index < -0.39 is 0 Å². The van der Waals surface area contributed by atoms with Gasteiger partial charge in [-0.05, 0) is 37.9 Å². The number of amides is 1. The van der Waals surface area contributed by atoms with Crippen LogP contribution in [-0.4, -0.2) is 41.5 Å². The lowest BCUT2D eigenvalue weighted by molar-refractivity contribution is -0.121. The predicted octanol–water partition coefficient (Wildman–Crippen LogP) is 1.21. The Morgan fingerprint density at radius 1 is 1.52 bits per heavy atom. The van der Waals surface area contributed by atoms with Gasteiger partial charge in [0.25, 0.3) is 0 Å². The van der Waals surface area contributed by atoms with Crippen LogP contribution in [0, 0.1) is 6.92 Å². The molecular weight excluding hydrogens is 264 g/mol. The molecule has 0 spiro atoms. The van der Waals surface area contributed by atoms with Crippen LogP contribution in [0.2, 0.25) is 0 Å². The van der Waals surface area contributed by atoms with E-state index in [4.69, 9.17) is 5.73 Å². The summed E-state index contributed by atoms with van der Waals surface area (Å²) >= 11 is 0. The van der Waals surface area contributed by atoms with Gasteiger partial charge in [0.2, 0.25) is 5.91 Å². The van der Waals surface area contributed by atoms with Crippen molar-refractivity contribution in [3.05, 3.63) is 29.6 Å². The number of aryl methyl sites for hydroxylation is 1. The first-order valence-electron chi connectivity index (χ1n) is 7.82. The van der Waals surface area contributed by atoms with Crippen LogP contribution < -0.4 is 11.1 Å². The Balaban J connectivity index is 1.92. The number of hydrogen-bond donors (Lipinski definition) is 2. The van der Waals surface area contributed by atoms with Crippen molar-refractivity contribution in [2.24, 2.45) is 5.73 Å². The van der Waals surface area contributed by atoms with Crippen LogP contribution in [0.4, 0.5) is 0 Å². The van der Waals surface area contributed by atoms with Crippen molar-refractivity contribution in [2.75, 3.05) is 19.6 Å². The van der Waals surface area contributed by atoms with Gasteiger partial charge < -0.3 is 11.1 Å². The number of carbonyl (C=O) groups is 1. The zero-order valence-corrected chi connectivity index (χ0v) is 12.8. The first-order valence-corrected chi connectivity index (χ1v) is 7.82. The van der Waals surface area contributed by atoms with Crippen molar-refractivity contribution >= 4 is 5.91 Å². The second kappa shape index (κ2) is 8.10. The topological polar surface area (TPSA) is 71.2 Å². The molecule has 1 unspecified atom stereocenters. The van der Waals surface area contributed by atoms with Crippen molar-refractivity contribution in [2.45, 2.75) is 45.2 Å². The standard InChI is InChI=1S/C16H26N4O/c1-13-5-4-9-18-15(13)12-20-10-3-2-6-14(20)11-19-16(21)7-8-17/h4-5,9,14H,2-3,6-8,10-12,17H2,1H3,(H,19,21). The lowest BCUT2D eigenvalue weighted by atomic mass is 10.0. The Bertz CT molecular complexity index is 463. The van der Waals surface area contributed by atoms with Gasteiger partial charge in [0, 0.05) is 38.3 Å². The minimum absolute atomic E-state index is 0.0528. The molecule has 2 heterocycles. The number of carbonyl (C=O) groups excluding carboxylic acids is 1. The van der Waals surface area contributed by atoms with Crippen LogP contribution in [0.5, 0.6) is 0 Å². The molecule has 0 aromatic carbocycles. The Hall–Kier alpha value is -1.46. The molecule has 0 radical (unpaired) electrons. The fraction of sp³-hybridized carbons (Fsp3) is 0.625. The molecule has 3 N–H and O–H groups in total. The largest absolute Gasteiger partial charge is 0.354 e. The fourth-order valence-corrected chi connectivity index (χ4v) is 2.83. The molecule has 1 saturated heterocycles. The van der Waals surface area contributed by atoms with Gasteiger partial charge in [-0.15, -0.1) is 0 Å². The SMILES string of the molecule is Cc1cccnc1CN1CCCCC1CNC(=O)CCN. The van der Waals surface area contributed by atoms with E-state index in [0.29, 0.717) is 25.6 Å². The minimum Gasteiger partial charge on any atom is -0.354 e. The number of likely N-dealkylation sites (tertiary alicyclic amines) is 1. The van der Waals surface area contributed by atoms with Gasteiger partial charge in [0.15, 0.2) is 0 Å². The van der Waals surface area contributed by atoms with E-state index in [1.165, 1.54) is 18.4 Å². The summed E-state index contributed by atoms with van der Waals surface area (Å²) in [6, 6.07) is 4.48. The second-order valence-electron chi connectivity index (χ2n) is 5.73. The van der Waals surface area contributed by atoms with Crippen molar-refractivity contribution in [3.8, 4) is 0 Å². The van der Waals surface area contributed by atoms with Gasteiger partial charge in [-0.2, -0.15) is 0 Å². The van der Waals surface area contributed by atoms with Gasteiger partial charge in [0.1, 0.15) is 0 Å². The zero-order chi connectivity index (χ0) is 15.1. The lowest BCUT2D eigenvalue weighted by Crippen LogP contribution is -2.46. The van der Waals surface area contributed by atoms with E-state index in [1.807, 2.05) is 12.3 Å². The third-order valence-corrected chi connectivity index (χ3v) is 4.13. The summed E-state index contributed by atoms with van der Waals surface area (Å²) in [7, 11) is 0. The van der Waals surface area contributed by atoms with E-state index in [0.717, 1.165) is 25.2 Å². The van der Waals surface area contributed by atoms with Gasteiger partial charge >= 0.3 is 0 Å². The van der Waals surface area contributed by atoms with Crippen LogP contribution in [0.15, 0.2) is 18.3 Å². The van der Waals surface area contributed by atoms with Gasteiger partial charge in [-0.1, -0.05) is 12.5 Å². The van der Waals surface area contributed by atoms with Crippen LogP contribution >= 0.6 is 0 Å². The fourth-order valence-electron chi connectivity index (χ4n) is 2.83. The van der Waals surface area contributed by atoms with Crippen molar-refractivity contribution in [3.63, 3.8) is 0 Å². The smallest absolute Gasteiger partial charge is 0.221 e. The number of nitrogens with two attached hydrogens (primary N) is 1. The summed E-state index contributed by atoms with van der Waals surface area (Å²) in [6.45, 7) is 5.17. The number of aromatic nitrogens is 1. The molecule has 1 aromatic heterocycles. The van der Waals surface area contributed by atoms with E-state index in [9.17, 15) is 4.79 Å². The number of piperidine rings is 1. The normalized spacial score (nSPS) is 19.4. The second-order valence-corrected chi connectivity index (χ2v) is 5.73. The molecule has 1 aromatic rings. The Morgan fingerprint density at radius 3 is 3.14 bits per heavy atom. The maximum absolute atomic E-state index is 11.6. The molecule has 1 atom stereocenters. The molecule has 1 fully saturated rings. The molecule has 1 aliphatic rings. The van der Waals surface area contributed by atoms with Gasteiger partial charge in [-0.3, -0.25) is 14.7 Å². The molecule has 5 nitrogen and oxygen atoms in total. The average molecular weight is 290 g/mol. The van der Waals surface area contributed by atoms with E-state index >= 15 is 0 Å². The lowest BCUT2D eigenvalue weighted by Gasteiger charge is -2.35. The maximum Gasteiger partial charge on any atom is 0.221 e. The zero-order valence-electron chi connectivity index (χ0n) is 12.8. The minimum atomic E-state index is 0.0528. The summed E-state index contributed by atoms with van der Waals surface area (Å²) in [6.07, 6.45) is 5.85. The summed E-state index contributed by atoms with van der Waals surface area (Å²) < 4.78 is 0. The number of hydrogen-bond acceptors (Lipinski definition) is 4. The number of nitrogens with zero attached hydrogens (tertiary/aromatic N) is 2. The highest BCUT2D eigenvalue weighted by Gasteiger charge is 2.23. The summed E-state index contributed by atoms with van der Waals surface area (Å²) in [5.74, 6) is 0.0528. The third-order valence-electron chi connectivity index (χ3n) is 4.13. The third kappa shape index (κ3) is 4.79. The van der Waals surface area contributed by atoms with E-state index in [1.54, 1.807) is 0 Å². The van der Waals surface area contributed by atoms with E-state index in [-0.39, 0.29) is 5.91 Å². The Labute approximate surface area is 126 Å². The molecule has 1 aliphatic heterocycles. The van der Waals surface area contributed by atoms with Crippen LogP contribution in [-0.2, 0) is 11.3 Å². The van der Waals surface area contributed by atoms with E-state index in [2.05, 4.69) is 28.2 Å². The molecule has 0 saturated carbocycles. The van der Waals surface area contributed by atoms with Crippen LogP contribution in [0.25, 0.3) is 0 Å². The molecular formula is C16H26N4O. The molecule has 1 amide bonds. The molecule has 5 heteroatoms. The molecule has 21 heavy (non-hydrogen) atoms. The number of nitrogens with one attached hydrogen (secondary N) is 1. The van der Waals surface area contributed by atoms with Crippen molar-refractivity contribution in [1.82, 2.24) is 15.2 Å². The number of pyridine rings is 1.